The van der Waals surface area contributed by atoms with E-state index < -0.39 is 6.04 Å². The first-order chi connectivity index (χ1) is 14.4. The molecule has 7 nitrogen and oxygen atoms in total. The summed E-state index contributed by atoms with van der Waals surface area (Å²) in [7, 11) is 5.52. The number of hydrogen-bond donors (Lipinski definition) is 2. The fourth-order valence-corrected chi connectivity index (χ4v) is 3.84. The predicted molar refractivity (Wildman–Crippen MR) is 116 cm³/mol. The van der Waals surface area contributed by atoms with Crippen LogP contribution in [0.25, 0.3) is 0 Å². The zero-order chi connectivity index (χ0) is 21.7. The predicted octanol–water partition coefficient (Wildman–Crippen LogP) is 1.66. The van der Waals surface area contributed by atoms with Gasteiger partial charge < -0.3 is 25.6 Å². The van der Waals surface area contributed by atoms with Gasteiger partial charge in [0.05, 0.1) is 6.04 Å². The number of likely N-dealkylation sites (N-methyl/N-ethyl adjacent to an activating group) is 2. The van der Waals surface area contributed by atoms with Crippen LogP contribution >= 0.6 is 0 Å². The molecule has 1 heterocycles. The van der Waals surface area contributed by atoms with Gasteiger partial charge >= 0.3 is 0 Å². The SMILES string of the molecule is CNC(=O)[C@@H]1C[C@@H](N)[C@H](c2ccccc2)N1C(=O)c1cccc(OCCN(C)C)c1. The highest BCUT2D eigenvalue weighted by atomic mass is 16.5. The van der Waals surface area contributed by atoms with Crippen LogP contribution in [0.2, 0.25) is 0 Å². The van der Waals surface area contributed by atoms with Crippen LogP contribution in [0.4, 0.5) is 0 Å². The van der Waals surface area contributed by atoms with Gasteiger partial charge in [-0.1, -0.05) is 36.4 Å². The first-order valence-electron chi connectivity index (χ1n) is 10.1. The molecule has 160 valence electrons. The van der Waals surface area contributed by atoms with Crippen molar-refractivity contribution < 1.29 is 14.3 Å². The molecule has 3 atom stereocenters. The molecule has 7 heteroatoms. The Labute approximate surface area is 177 Å². The summed E-state index contributed by atoms with van der Waals surface area (Å²) in [5.41, 5.74) is 7.81. The Kier molecular flexibility index (Phi) is 7.07. The standard InChI is InChI=1S/C23H30N4O3/c1-25-22(28)20-15-19(24)21(16-8-5-4-6-9-16)27(20)23(29)17-10-7-11-18(14-17)30-13-12-26(2)3/h4-11,14,19-21H,12-13,15,24H2,1-3H3,(H,25,28)/t19-,20+,21+/m1/s1. The molecule has 0 unspecified atom stereocenters. The Morgan fingerprint density at radius 1 is 1.17 bits per heavy atom. The van der Waals surface area contributed by atoms with Crippen molar-refractivity contribution in [1.82, 2.24) is 15.1 Å². The molecule has 1 fully saturated rings. The Hall–Kier alpha value is -2.90. The molecule has 2 aromatic carbocycles. The Bertz CT molecular complexity index is 872. The molecule has 30 heavy (non-hydrogen) atoms. The largest absolute Gasteiger partial charge is 0.492 e. The number of carbonyl (C=O) groups excluding carboxylic acids is 2. The van der Waals surface area contributed by atoms with E-state index in [9.17, 15) is 9.59 Å². The number of rotatable bonds is 7. The third kappa shape index (κ3) is 4.80. The summed E-state index contributed by atoms with van der Waals surface area (Å²) < 4.78 is 5.78. The lowest BCUT2D eigenvalue weighted by Crippen LogP contribution is -2.46. The maximum atomic E-state index is 13.6. The molecule has 0 saturated carbocycles. The molecule has 0 radical (unpaired) electrons. The summed E-state index contributed by atoms with van der Waals surface area (Å²) >= 11 is 0. The van der Waals surface area contributed by atoms with Gasteiger partial charge in [-0.25, -0.2) is 0 Å². The lowest BCUT2D eigenvalue weighted by molar-refractivity contribution is -0.124. The molecule has 1 saturated heterocycles. The van der Waals surface area contributed by atoms with E-state index in [-0.39, 0.29) is 23.9 Å². The summed E-state index contributed by atoms with van der Waals surface area (Å²) in [6.45, 7) is 1.29. The Balaban J connectivity index is 1.90. The van der Waals surface area contributed by atoms with Crippen LogP contribution in [0.5, 0.6) is 5.75 Å². The average molecular weight is 411 g/mol. The highest BCUT2D eigenvalue weighted by Gasteiger charge is 2.46. The highest BCUT2D eigenvalue weighted by Crippen LogP contribution is 2.37. The number of likely N-dealkylation sites (tertiary alicyclic amines) is 1. The van der Waals surface area contributed by atoms with E-state index in [1.165, 1.54) is 0 Å². The second-order valence-corrected chi connectivity index (χ2v) is 7.78. The second kappa shape index (κ2) is 9.73. The van der Waals surface area contributed by atoms with Gasteiger partial charge in [-0.05, 0) is 44.3 Å². The number of benzene rings is 2. The normalized spacial score (nSPS) is 21.0. The summed E-state index contributed by atoms with van der Waals surface area (Å²) in [4.78, 5) is 29.8. The maximum absolute atomic E-state index is 13.6. The fourth-order valence-electron chi connectivity index (χ4n) is 3.84. The van der Waals surface area contributed by atoms with Crippen LogP contribution in [0, 0.1) is 0 Å². The third-order valence-electron chi connectivity index (χ3n) is 5.35. The van der Waals surface area contributed by atoms with E-state index in [1.54, 1.807) is 30.1 Å². The van der Waals surface area contributed by atoms with Gasteiger partial charge in [0, 0.05) is 25.2 Å². The molecule has 0 bridgehead atoms. The van der Waals surface area contributed by atoms with Crippen molar-refractivity contribution in [2.45, 2.75) is 24.5 Å². The number of hydrogen-bond acceptors (Lipinski definition) is 5. The molecule has 2 amide bonds. The van der Waals surface area contributed by atoms with Crippen molar-refractivity contribution in [3.8, 4) is 5.75 Å². The minimum atomic E-state index is -0.624. The number of carbonyl (C=O) groups is 2. The van der Waals surface area contributed by atoms with Crippen molar-refractivity contribution in [1.29, 1.82) is 0 Å². The first kappa shape index (κ1) is 21.8. The van der Waals surface area contributed by atoms with E-state index in [2.05, 4.69) is 5.32 Å². The van der Waals surface area contributed by atoms with Crippen LogP contribution in [-0.4, -0.2) is 68.0 Å². The molecule has 2 aromatic rings. The van der Waals surface area contributed by atoms with Crippen molar-refractivity contribution in [2.75, 3.05) is 34.3 Å². The van der Waals surface area contributed by atoms with E-state index in [0.717, 1.165) is 12.1 Å². The van der Waals surface area contributed by atoms with Gasteiger partial charge in [0.1, 0.15) is 18.4 Å². The number of nitrogens with zero attached hydrogens (tertiary/aromatic N) is 2. The molecule has 3 N–H and O–H groups in total. The zero-order valence-corrected chi connectivity index (χ0v) is 17.7. The van der Waals surface area contributed by atoms with Gasteiger partial charge in [-0.3, -0.25) is 9.59 Å². The van der Waals surface area contributed by atoms with Crippen LogP contribution in [0.3, 0.4) is 0 Å². The summed E-state index contributed by atoms with van der Waals surface area (Å²) in [6, 6.07) is 15.4. The molecular formula is C23H30N4O3. The van der Waals surface area contributed by atoms with Gasteiger partial charge in [-0.15, -0.1) is 0 Å². The lowest BCUT2D eigenvalue weighted by Gasteiger charge is -2.31. The summed E-state index contributed by atoms with van der Waals surface area (Å²) in [5, 5.41) is 2.67. The topological polar surface area (TPSA) is 87.9 Å². The third-order valence-corrected chi connectivity index (χ3v) is 5.35. The minimum absolute atomic E-state index is 0.212. The van der Waals surface area contributed by atoms with Gasteiger partial charge in [-0.2, -0.15) is 0 Å². The van der Waals surface area contributed by atoms with E-state index in [4.69, 9.17) is 10.5 Å². The van der Waals surface area contributed by atoms with Gasteiger partial charge in [0.25, 0.3) is 5.91 Å². The van der Waals surface area contributed by atoms with Crippen LogP contribution in [0.1, 0.15) is 28.4 Å². The first-order valence-corrected chi connectivity index (χ1v) is 10.1. The molecule has 3 rings (SSSR count). The second-order valence-electron chi connectivity index (χ2n) is 7.78. The maximum Gasteiger partial charge on any atom is 0.255 e. The van der Waals surface area contributed by atoms with Gasteiger partial charge in [0.2, 0.25) is 5.91 Å². The summed E-state index contributed by atoms with van der Waals surface area (Å²) in [6.07, 6.45) is 0.407. The average Bonchev–Trinajstić information content (AvgIpc) is 3.10. The van der Waals surface area contributed by atoms with Crippen molar-refractivity contribution in [3.05, 3.63) is 65.7 Å². The van der Waals surface area contributed by atoms with Crippen molar-refractivity contribution >= 4 is 11.8 Å². The fraction of sp³-hybridized carbons (Fsp3) is 0.391. The quantitative estimate of drug-likeness (QED) is 0.725. The van der Waals surface area contributed by atoms with Crippen LogP contribution < -0.4 is 15.8 Å². The Morgan fingerprint density at radius 3 is 2.57 bits per heavy atom. The van der Waals surface area contributed by atoms with E-state index in [1.807, 2.05) is 55.4 Å². The minimum Gasteiger partial charge on any atom is -0.492 e. The molecular weight excluding hydrogens is 380 g/mol. The van der Waals surface area contributed by atoms with E-state index >= 15 is 0 Å². The molecule has 0 aromatic heterocycles. The number of amides is 2. The monoisotopic (exact) mass is 410 g/mol. The number of nitrogens with two attached hydrogens (primary N) is 1. The number of nitrogens with one attached hydrogen (secondary N) is 1. The lowest BCUT2D eigenvalue weighted by atomic mass is 10.0. The van der Waals surface area contributed by atoms with Crippen LogP contribution in [0.15, 0.2) is 54.6 Å². The molecule has 1 aliphatic heterocycles. The zero-order valence-electron chi connectivity index (χ0n) is 17.7. The highest BCUT2D eigenvalue weighted by molar-refractivity contribution is 5.98. The molecule has 1 aliphatic rings. The molecule has 0 spiro atoms. The smallest absolute Gasteiger partial charge is 0.255 e. The molecule has 0 aliphatic carbocycles. The van der Waals surface area contributed by atoms with Crippen LogP contribution in [-0.2, 0) is 4.79 Å². The van der Waals surface area contributed by atoms with Gasteiger partial charge in [0.15, 0.2) is 0 Å². The Morgan fingerprint density at radius 2 is 1.90 bits per heavy atom. The van der Waals surface area contributed by atoms with Crippen molar-refractivity contribution in [2.24, 2.45) is 5.73 Å². The summed E-state index contributed by atoms with van der Waals surface area (Å²) in [5.74, 6) is 0.179. The number of ether oxygens (including phenoxy) is 1. The van der Waals surface area contributed by atoms with Crippen molar-refractivity contribution in [3.63, 3.8) is 0 Å². The van der Waals surface area contributed by atoms with E-state index in [0.29, 0.717) is 24.3 Å².